The number of benzene rings is 2. The molecule has 0 saturated heterocycles. The fourth-order valence-corrected chi connectivity index (χ4v) is 3.32. The van der Waals surface area contributed by atoms with E-state index in [9.17, 15) is 0 Å². The molecule has 0 fully saturated rings. The topological polar surface area (TPSA) is 115 Å². The zero-order valence-corrected chi connectivity index (χ0v) is 17.1. The van der Waals surface area contributed by atoms with Crippen molar-refractivity contribution in [2.45, 2.75) is 19.8 Å². The molecular formula is C22H24N4O4. The predicted molar refractivity (Wildman–Crippen MR) is 114 cm³/mol. The lowest BCUT2D eigenvalue weighted by Gasteiger charge is -2.21. The fraction of sp³-hybridized carbons (Fsp3) is 0.273. The number of nitrogens with two attached hydrogens (primary N) is 2. The molecule has 0 spiro atoms. The number of fused-ring (bicyclic) bond motifs is 1. The van der Waals surface area contributed by atoms with Crippen LogP contribution in [0.2, 0.25) is 0 Å². The van der Waals surface area contributed by atoms with Gasteiger partial charge < -0.3 is 30.4 Å². The summed E-state index contributed by atoms with van der Waals surface area (Å²) in [5.41, 5.74) is 14.3. The van der Waals surface area contributed by atoms with Crippen molar-refractivity contribution >= 4 is 11.8 Å². The molecule has 4 N–H and O–H groups in total. The maximum absolute atomic E-state index is 6.11. The summed E-state index contributed by atoms with van der Waals surface area (Å²) < 4.78 is 23.2. The normalized spacial score (nSPS) is 12.7. The second kappa shape index (κ2) is 7.98. The molecule has 156 valence electrons. The molecule has 1 aromatic heterocycles. The van der Waals surface area contributed by atoms with Crippen molar-refractivity contribution < 1.29 is 18.9 Å². The van der Waals surface area contributed by atoms with Crippen LogP contribution < -0.4 is 30.4 Å². The summed E-state index contributed by atoms with van der Waals surface area (Å²) in [5, 5.41) is 0. The van der Waals surface area contributed by atoms with Crippen LogP contribution in [0.15, 0.2) is 36.5 Å². The Balaban J connectivity index is 1.81. The van der Waals surface area contributed by atoms with E-state index in [-0.39, 0.29) is 17.7 Å². The third-order valence-corrected chi connectivity index (χ3v) is 4.83. The Bertz CT molecular complexity index is 1080. The number of rotatable bonds is 5. The van der Waals surface area contributed by atoms with Gasteiger partial charge in [-0.15, -0.1) is 0 Å². The molecule has 2 heterocycles. The molecule has 0 atom stereocenters. The van der Waals surface area contributed by atoms with Crippen LogP contribution in [-0.4, -0.2) is 30.3 Å². The van der Waals surface area contributed by atoms with Crippen molar-refractivity contribution in [2.75, 3.05) is 31.8 Å². The Morgan fingerprint density at radius 3 is 2.43 bits per heavy atom. The average Bonchev–Trinajstić information content (AvgIpc) is 2.74. The molecule has 0 saturated carbocycles. The van der Waals surface area contributed by atoms with Crippen LogP contribution in [0.5, 0.6) is 28.7 Å². The molecule has 0 aliphatic carbocycles. The highest BCUT2D eigenvalue weighted by Gasteiger charge is 2.19. The Labute approximate surface area is 174 Å². The van der Waals surface area contributed by atoms with Gasteiger partial charge in [-0.05, 0) is 35.7 Å². The number of anilines is 2. The third-order valence-electron chi connectivity index (χ3n) is 4.83. The molecule has 2 aromatic carbocycles. The number of methoxy groups -OCH3 is 1. The monoisotopic (exact) mass is 408 g/mol. The lowest BCUT2D eigenvalue weighted by Crippen LogP contribution is -2.15. The van der Waals surface area contributed by atoms with Gasteiger partial charge in [0.05, 0.1) is 13.3 Å². The number of ether oxygens (including phenoxy) is 4. The zero-order chi connectivity index (χ0) is 21.3. The highest BCUT2D eigenvalue weighted by molar-refractivity contribution is 5.76. The minimum absolute atomic E-state index is 0.0932. The number of hydrogen-bond donors (Lipinski definition) is 2. The first-order chi connectivity index (χ1) is 14.5. The first-order valence-corrected chi connectivity index (χ1v) is 9.64. The van der Waals surface area contributed by atoms with Crippen LogP contribution in [0.4, 0.5) is 11.8 Å². The van der Waals surface area contributed by atoms with Crippen LogP contribution in [0.1, 0.15) is 25.3 Å². The van der Waals surface area contributed by atoms with Gasteiger partial charge >= 0.3 is 0 Å². The molecule has 0 amide bonds. The maximum Gasteiger partial charge on any atom is 0.222 e. The van der Waals surface area contributed by atoms with Gasteiger partial charge in [0.1, 0.15) is 24.7 Å². The molecule has 0 bridgehead atoms. The van der Waals surface area contributed by atoms with Crippen LogP contribution in [0.3, 0.4) is 0 Å². The van der Waals surface area contributed by atoms with Gasteiger partial charge in [0.25, 0.3) is 0 Å². The molecule has 0 radical (unpaired) electrons. The quantitative estimate of drug-likeness (QED) is 0.651. The minimum Gasteiger partial charge on any atom is -0.496 e. The van der Waals surface area contributed by atoms with Crippen molar-refractivity contribution in [3.63, 3.8) is 0 Å². The Morgan fingerprint density at radius 2 is 1.73 bits per heavy atom. The Kier molecular flexibility index (Phi) is 5.22. The lowest BCUT2D eigenvalue weighted by atomic mass is 9.96. The van der Waals surface area contributed by atoms with Gasteiger partial charge in [-0.3, -0.25) is 0 Å². The van der Waals surface area contributed by atoms with Crippen molar-refractivity contribution in [1.82, 2.24) is 9.97 Å². The molecule has 1 aliphatic rings. The van der Waals surface area contributed by atoms with E-state index in [2.05, 4.69) is 23.8 Å². The van der Waals surface area contributed by atoms with E-state index < -0.39 is 0 Å². The highest BCUT2D eigenvalue weighted by atomic mass is 16.6. The van der Waals surface area contributed by atoms with Crippen LogP contribution >= 0.6 is 0 Å². The van der Waals surface area contributed by atoms with Gasteiger partial charge in [0.2, 0.25) is 5.95 Å². The van der Waals surface area contributed by atoms with Gasteiger partial charge in [-0.25, -0.2) is 4.98 Å². The summed E-state index contributed by atoms with van der Waals surface area (Å²) in [5.74, 6) is 3.58. The summed E-state index contributed by atoms with van der Waals surface area (Å²) in [6.45, 7) is 5.22. The van der Waals surface area contributed by atoms with E-state index in [4.69, 9.17) is 30.4 Å². The maximum atomic E-state index is 6.11. The van der Waals surface area contributed by atoms with E-state index in [1.54, 1.807) is 7.11 Å². The molecule has 8 nitrogen and oxygen atoms in total. The molecule has 3 aromatic rings. The van der Waals surface area contributed by atoms with Gasteiger partial charge in [0.15, 0.2) is 23.1 Å². The summed E-state index contributed by atoms with van der Waals surface area (Å²) >= 11 is 0. The summed E-state index contributed by atoms with van der Waals surface area (Å²) in [6.07, 6.45) is 1.47. The van der Waals surface area contributed by atoms with E-state index in [1.165, 1.54) is 6.20 Å². The highest BCUT2D eigenvalue weighted by Crippen LogP contribution is 2.43. The third kappa shape index (κ3) is 3.76. The SMILES string of the molecule is COc1cc(C(C)C)c(Oc2cnc(N)nc2N)cc1-c1ccc2c(c1)OCCO2. The van der Waals surface area contributed by atoms with Crippen molar-refractivity contribution in [2.24, 2.45) is 0 Å². The minimum atomic E-state index is 0.0932. The predicted octanol–water partition coefficient (Wildman–Crippen LogP) is 4.00. The lowest BCUT2D eigenvalue weighted by molar-refractivity contribution is 0.171. The van der Waals surface area contributed by atoms with Crippen molar-refractivity contribution in [3.05, 3.63) is 42.1 Å². The molecule has 8 heteroatoms. The van der Waals surface area contributed by atoms with Crippen molar-refractivity contribution in [3.8, 4) is 39.9 Å². The van der Waals surface area contributed by atoms with Gasteiger partial charge in [-0.2, -0.15) is 4.98 Å². The second-order valence-corrected chi connectivity index (χ2v) is 7.18. The zero-order valence-electron chi connectivity index (χ0n) is 17.1. The smallest absolute Gasteiger partial charge is 0.222 e. The largest absolute Gasteiger partial charge is 0.496 e. The first-order valence-electron chi connectivity index (χ1n) is 9.64. The number of hydrogen-bond acceptors (Lipinski definition) is 8. The van der Waals surface area contributed by atoms with E-state index in [1.807, 2.05) is 30.3 Å². The summed E-state index contributed by atoms with van der Waals surface area (Å²) in [7, 11) is 1.65. The summed E-state index contributed by atoms with van der Waals surface area (Å²) in [4.78, 5) is 7.95. The van der Waals surface area contributed by atoms with E-state index in [0.717, 1.165) is 28.2 Å². The van der Waals surface area contributed by atoms with Gasteiger partial charge in [0, 0.05) is 11.1 Å². The Morgan fingerprint density at radius 1 is 0.967 bits per heavy atom. The van der Waals surface area contributed by atoms with Gasteiger partial charge in [-0.1, -0.05) is 19.9 Å². The fourth-order valence-electron chi connectivity index (χ4n) is 3.32. The molecule has 1 aliphatic heterocycles. The molecule has 30 heavy (non-hydrogen) atoms. The van der Waals surface area contributed by atoms with Crippen LogP contribution in [-0.2, 0) is 0 Å². The summed E-state index contributed by atoms with van der Waals surface area (Å²) in [6, 6.07) is 9.69. The number of aromatic nitrogens is 2. The van der Waals surface area contributed by atoms with Crippen LogP contribution in [0.25, 0.3) is 11.1 Å². The average molecular weight is 408 g/mol. The van der Waals surface area contributed by atoms with Crippen LogP contribution in [0, 0.1) is 0 Å². The molecular weight excluding hydrogens is 384 g/mol. The molecule has 4 rings (SSSR count). The number of nitrogens with zero attached hydrogens (tertiary/aromatic N) is 2. The number of nitrogen functional groups attached to an aromatic ring is 2. The van der Waals surface area contributed by atoms with E-state index >= 15 is 0 Å². The second-order valence-electron chi connectivity index (χ2n) is 7.18. The molecule has 0 unspecified atom stereocenters. The van der Waals surface area contributed by atoms with Crippen molar-refractivity contribution in [1.29, 1.82) is 0 Å². The standard InChI is InChI=1S/C22H24N4O4/c1-12(2)14-9-17(27-3)15(13-4-5-16-19(8-13)29-7-6-28-16)10-18(14)30-20-11-25-22(24)26-21(20)23/h4-5,8-12H,6-7H2,1-3H3,(H4,23,24,25,26). The first kappa shape index (κ1) is 19.6. The Hall–Kier alpha value is -3.68. The van der Waals surface area contributed by atoms with E-state index in [0.29, 0.717) is 30.5 Å².